The molecule has 1 heterocycles. The predicted molar refractivity (Wildman–Crippen MR) is 60.1 cm³/mol. The number of imidazole rings is 1. The molecule has 0 radical (unpaired) electrons. The lowest BCUT2D eigenvalue weighted by molar-refractivity contribution is -0.104. The number of aromatic nitrogens is 2. The quantitative estimate of drug-likeness (QED) is 0.721. The number of carbonyl (C=O) groups is 1. The van der Waals surface area contributed by atoms with Crippen LogP contribution >= 0.6 is 0 Å². The van der Waals surface area contributed by atoms with Crippen molar-refractivity contribution in [1.29, 1.82) is 0 Å². The summed E-state index contributed by atoms with van der Waals surface area (Å²) in [4.78, 5) is 14.9. The van der Waals surface area contributed by atoms with Crippen molar-refractivity contribution in [2.24, 2.45) is 0 Å². The summed E-state index contributed by atoms with van der Waals surface area (Å²) >= 11 is 0. The van der Waals surface area contributed by atoms with Gasteiger partial charge in [-0.3, -0.25) is 4.79 Å². The molecule has 4 nitrogen and oxygen atoms in total. The lowest BCUT2D eigenvalue weighted by Gasteiger charge is -2.24. The topological polar surface area (TPSA) is 44.1 Å². The minimum absolute atomic E-state index is 0.0647. The Labute approximate surface area is 94.2 Å². The van der Waals surface area contributed by atoms with E-state index in [0.29, 0.717) is 5.57 Å². The number of rotatable bonds is 3. The molecule has 1 aromatic rings. The van der Waals surface area contributed by atoms with E-state index in [9.17, 15) is 4.79 Å². The standard InChI is InChI=1S/C12H14N2O2/c1-9-6-14(8-13-9)11-4-3-10(7-15)5-12(11)16-2/h3-8,11-12H,1-2H3. The van der Waals surface area contributed by atoms with Gasteiger partial charge in [0.15, 0.2) is 0 Å². The van der Waals surface area contributed by atoms with Gasteiger partial charge in [-0.1, -0.05) is 12.2 Å². The van der Waals surface area contributed by atoms with Crippen LogP contribution in [0.5, 0.6) is 0 Å². The second-order valence-electron chi connectivity index (χ2n) is 3.80. The Bertz CT molecular complexity index is 446. The SMILES string of the molecule is COC1C=C(C=O)C=CC1n1cnc(C)c1. The third kappa shape index (κ3) is 1.97. The third-order valence-electron chi connectivity index (χ3n) is 2.66. The lowest BCUT2D eigenvalue weighted by Crippen LogP contribution is -2.24. The summed E-state index contributed by atoms with van der Waals surface area (Å²) < 4.78 is 7.35. The normalized spacial score (nSPS) is 24.2. The molecule has 0 aliphatic heterocycles. The number of hydrogen-bond acceptors (Lipinski definition) is 3. The first-order valence-corrected chi connectivity index (χ1v) is 5.12. The Morgan fingerprint density at radius 1 is 1.56 bits per heavy atom. The molecule has 1 aliphatic carbocycles. The molecule has 0 aromatic carbocycles. The minimum atomic E-state index is -0.126. The molecule has 0 fully saturated rings. The van der Waals surface area contributed by atoms with E-state index in [1.165, 1.54) is 0 Å². The van der Waals surface area contributed by atoms with Crippen molar-refractivity contribution in [2.45, 2.75) is 19.1 Å². The number of allylic oxidation sites excluding steroid dienone is 2. The molecular formula is C12H14N2O2. The maximum absolute atomic E-state index is 10.7. The first-order chi connectivity index (χ1) is 7.74. The smallest absolute Gasteiger partial charge is 0.149 e. The van der Waals surface area contributed by atoms with E-state index in [0.717, 1.165) is 12.0 Å². The van der Waals surface area contributed by atoms with Crippen LogP contribution in [0.25, 0.3) is 0 Å². The van der Waals surface area contributed by atoms with E-state index in [1.54, 1.807) is 13.4 Å². The molecule has 0 spiro atoms. The number of nitrogens with zero attached hydrogens (tertiary/aromatic N) is 2. The lowest BCUT2D eigenvalue weighted by atomic mass is 10.0. The second kappa shape index (κ2) is 4.45. The van der Waals surface area contributed by atoms with Gasteiger partial charge in [-0.15, -0.1) is 0 Å². The summed E-state index contributed by atoms with van der Waals surface area (Å²) in [6.45, 7) is 1.94. The van der Waals surface area contributed by atoms with Gasteiger partial charge in [-0.25, -0.2) is 4.98 Å². The zero-order valence-electron chi connectivity index (χ0n) is 9.33. The van der Waals surface area contributed by atoms with Gasteiger partial charge in [-0.05, 0) is 13.0 Å². The number of aldehydes is 1. The first kappa shape index (κ1) is 10.8. The van der Waals surface area contributed by atoms with E-state index in [-0.39, 0.29) is 12.1 Å². The van der Waals surface area contributed by atoms with Crippen LogP contribution in [0.3, 0.4) is 0 Å². The number of hydrogen-bond donors (Lipinski definition) is 0. The number of ether oxygens (including phenoxy) is 1. The molecule has 0 saturated heterocycles. The average Bonchev–Trinajstić information content (AvgIpc) is 2.74. The average molecular weight is 218 g/mol. The fourth-order valence-electron chi connectivity index (χ4n) is 1.82. The van der Waals surface area contributed by atoms with Crippen molar-refractivity contribution < 1.29 is 9.53 Å². The second-order valence-corrected chi connectivity index (χ2v) is 3.80. The van der Waals surface area contributed by atoms with Crippen molar-refractivity contribution in [2.75, 3.05) is 7.11 Å². The van der Waals surface area contributed by atoms with Gasteiger partial charge in [0.2, 0.25) is 0 Å². The highest BCUT2D eigenvalue weighted by molar-refractivity contribution is 5.78. The Balaban J connectivity index is 2.27. The Kier molecular flexibility index (Phi) is 3.01. The van der Waals surface area contributed by atoms with Crippen LogP contribution in [0.2, 0.25) is 0 Å². The molecule has 2 atom stereocenters. The Morgan fingerprint density at radius 3 is 2.94 bits per heavy atom. The molecule has 16 heavy (non-hydrogen) atoms. The van der Waals surface area contributed by atoms with Gasteiger partial charge < -0.3 is 9.30 Å². The monoisotopic (exact) mass is 218 g/mol. The van der Waals surface area contributed by atoms with E-state index < -0.39 is 0 Å². The molecule has 1 aromatic heterocycles. The number of aryl methyl sites for hydroxylation is 1. The molecule has 0 saturated carbocycles. The third-order valence-corrected chi connectivity index (χ3v) is 2.66. The van der Waals surface area contributed by atoms with E-state index >= 15 is 0 Å². The minimum Gasteiger partial charge on any atom is -0.375 e. The molecule has 0 amide bonds. The van der Waals surface area contributed by atoms with Gasteiger partial charge in [0.1, 0.15) is 12.4 Å². The van der Waals surface area contributed by atoms with Gasteiger partial charge in [0, 0.05) is 18.9 Å². The predicted octanol–water partition coefficient (Wildman–Crippen LogP) is 1.44. The van der Waals surface area contributed by atoms with Crippen LogP contribution in [0, 0.1) is 6.92 Å². The van der Waals surface area contributed by atoms with Crippen LogP contribution in [0.4, 0.5) is 0 Å². The molecule has 2 rings (SSSR count). The Morgan fingerprint density at radius 2 is 2.38 bits per heavy atom. The van der Waals surface area contributed by atoms with Crippen LogP contribution in [0.1, 0.15) is 11.7 Å². The summed E-state index contributed by atoms with van der Waals surface area (Å²) in [5.74, 6) is 0. The van der Waals surface area contributed by atoms with Crippen molar-refractivity contribution in [3.05, 3.63) is 42.0 Å². The summed E-state index contributed by atoms with van der Waals surface area (Å²) in [7, 11) is 1.64. The number of carbonyl (C=O) groups excluding carboxylic acids is 1. The fourth-order valence-corrected chi connectivity index (χ4v) is 1.82. The van der Waals surface area contributed by atoms with Gasteiger partial charge in [-0.2, -0.15) is 0 Å². The maximum Gasteiger partial charge on any atom is 0.149 e. The van der Waals surface area contributed by atoms with Crippen molar-refractivity contribution >= 4 is 6.29 Å². The van der Waals surface area contributed by atoms with Gasteiger partial charge in [0.05, 0.1) is 18.1 Å². The largest absolute Gasteiger partial charge is 0.375 e. The molecule has 0 bridgehead atoms. The molecule has 2 unspecified atom stereocenters. The Hall–Kier alpha value is -1.68. The zero-order valence-corrected chi connectivity index (χ0v) is 9.33. The van der Waals surface area contributed by atoms with Crippen LogP contribution in [-0.2, 0) is 9.53 Å². The summed E-state index contributed by atoms with van der Waals surface area (Å²) in [6.07, 6.45) is 10.0. The van der Waals surface area contributed by atoms with Gasteiger partial charge in [0.25, 0.3) is 0 Å². The van der Waals surface area contributed by atoms with Crippen molar-refractivity contribution in [1.82, 2.24) is 9.55 Å². The molecular weight excluding hydrogens is 204 g/mol. The van der Waals surface area contributed by atoms with Crippen LogP contribution in [0.15, 0.2) is 36.3 Å². The maximum atomic E-state index is 10.7. The van der Waals surface area contributed by atoms with Gasteiger partial charge >= 0.3 is 0 Å². The van der Waals surface area contributed by atoms with Crippen LogP contribution < -0.4 is 0 Å². The number of methoxy groups -OCH3 is 1. The molecule has 84 valence electrons. The first-order valence-electron chi connectivity index (χ1n) is 5.12. The highest BCUT2D eigenvalue weighted by Gasteiger charge is 2.21. The van der Waals surface area contributed by atoms with E-state index in [1.807, 2.05) is 35.9 Å². The van der Waals surface area contributed by atoms with E-state index in [4.69, 9.17) is 4.74 Å². The molecule has 1 aliphatic rings. The highest BCUT2D eigenvalue weighted by Crippen LogP contribution is 2.23. The van der Waals surface area contributed by atoms with Crippen molar-refractivity contribution in [3.63, 3.8) is 0 Å². The van der Waals surface area contributed by atoms with Crippen molar-refractivity contribution in [3.8, 4) is 0 Å². The summed E-state index contributed by atoms with van der Waals surface area (Å²) in [5, 5.41) is 0. The zero-order chi connectivity index (χ0) is 11.5. The summed E-state index contributed by atoms with van der Waals surface area (Å²) in [5.41, 5.74) is 1.62. The molecule has 0 N–H and O–H groups in total. The highest BCUT2D eigenvalue weighted by atomic mass is 16.5. The van der Waals surface area contributed by atoms with Crippen LogP contribution in [-0.4, -0.2) is 29.1 Å². The molecule has 4 heteroatoms. The fraction of sp³-hybridized carbons (Fsp3) is 0.333. The summed E-state index contributed by atoms with van der Waals surface area (Å²) in [6, 6.07) is 0.0647. The van der Waals surface area contributed by atoms with E-state index in [2.05, 4.69) is 4.98 Å².